The molecule has 0 bridgehead atoms. The molecule has 2 aromatic rings. The highest BCUT2D eigenvalue weighted by Crippen LogP contribution is 2.13. The van der Waals surface area contributed by atoms with E-state index in [-0.39, 0.29) is 6.42 Å². The number of sulfonamides is 1. The molecule has 0 radical (unpaired) electrons. The largest absolute Gasteiger partial charge is 0.399 e. The third-order valence-corrected chi connectivity index (χ3v) is 4.13. The highest BCUT2D eigenvalue weighted by molar-refractivity contribution is 7.90. The summed E-state index contributed by atoms with van der Waals surface area (Å²) < 4.78 is 39.1. The van der Waals surface area contributed by atoms with Crippen LogP contribution in [0.2, 0.25) is 0 Å². The van der Waals surface area contributed by atoms with Crippen LogP contribution >= 0.6 is 0 Å². The number of rotatable bonds is 4. The number of nitrogens with two attached hydrogens (primary N) is 1. The Morgan fingerprint density at radius 2 is 1.71 bits per heavy atom. The van der Waals surface area contributed by atoms with Crippen molar-refractivity contribution in [1.82, 2.24) is 4.72 Å². The van der Waals surface area contributed by atoms with Gasteiger partial charge in [-0.1, -0.05) is 24.3 Å². The van der Waals surface area contributed by atoms with Crippen LogP contribution in [0.3, 0.4) is 0 Å². The molecule has 0 fully saturated rings. The molecule has 0 aliphatic carbocycles. The van der Waals surface area contributed by atoms with Crippen LogP contribution in [0.1, 0.15) is 5.56 Å². The SMILES string of the molecule is Nc1ccc(CC(=O)NS(=O)(=O)c2ccccc2F)cc1. The van der Waals surface area contributed by atoms with Gasteiger partial charge in [0.25, 0.3) is 10.0 Å². The van der Waals surface area contributed by atoms with Gasteiger partial charge in [-0.15, -0.1) is 0 Å². The monoisotopic (exact) mass is 308 g/mol. The molecular formula is C14H13FN2O3S. The molecule has 0 aromatic heterocycles. The number of nitrogen functional groups attached to an aromatic ring is 1. The van der Waals surface area contributed by atoms with E-state index in [0.717, 1.165) is 12.1 Å². The van der Waals surface area contributed by atoms with Crippen molar-refractivity contribution in [3.05, 3.63) is 59.9 Å². The van der Waals surface area contributed by atoms with Gasteiger partial charge < -0.3 is 5.73 Å². The molecule has 110 valence electrons. The Hall–Kier alpha value is -2.41. The van der Waals surface area contributed by atoms with Crippen molar-refractivity contribution in [3.63, 3.8) is 0 Å². The summed E-state index contributed by atoms with van der Waals surface area (Å²) in [5.41, 5.74) is 6.66. The normalized spacial score (nSPS) is 11.1. The molecule has 2 aromatic carbocycles. The minimum absolute atomic E-state index is 0.145. The van der Waals surface area contributed by atoms with Crippen molar-refractivity contribution in [2.24, 2.45) is 0 Å². The highest BCUT2D eigenvalue weighted by atomic mass is 32.2. The Balaban J connectivity index is 2.12. The summed E-state index contributed by atoms with van der Waals surface area (Å²) >= 11 is 0. The van der Waals surface area contributed by atoms with E-state index in [2.05, 4.69) is 0 Å². The highest BCUT2D eigenvalue weighted by Gasteiger charge is 2.21. The number of nitrogens with one attached hydrogen (secondary N) is 1. The van der Waals surface area contributed by atoms with Crippen molar-refractivity contribution in [1.29, 1.82) is 0 Å². The van der Waals surface area contributed by atoms with Crippen LogP contribution in [-0.2, 0) is 21.2 Å². The number of carbonyl (C=O) groups is 1. The van der Waals surface area contributed by atoms with E-state index in [4.69, 9.17) is 5.73 Å². The van der Waals surface area contributed by atoms with E-state index in [1.54, 1.807) is 24.3 Å². The quantitative estimate of drug-likeness (QED) is 0.837. The zero-order valence-corrected chi connectivity index (χ0v) is 11.7. The zero-order valence-electron chi connectivity index (χ0n) is 10.9. The summed E-state index contributed by atoms with van der Waals surface area (Å²) in [6, 6.07) is 11.3. The number of carbonyl (C=O) groups excluding carboxylic acids is 1. The van der Waals surface area contributed by atoms with Gasteiger partial charge in [-0.2, -0.15) is 0 Å². The Morgan fingerprint density at radius 1 is 1.10 bits per heavy atom. The summed E-state index contributed by atoms with van der Waals surface area (Å²) in [4.78, 5) is 11.2. The van der Waals surface area contributed by atoms with Gasteiger partial charge in [-0.3, -0.25) is 4.79 Å². The Labute approximate surface area is 121 Å². The molecule has 0 aliphatic heterocycles. The molecule has 0 saturated carbocycles. The summed E-state index contributed by atoms with van der Waals surface area (Å²) in [6.45, 7) is 0. The minimum atomic E-state index is -4.22. The van der Waals surface area contributed by atoms with Crippen LogP contribution in [0.25, 0.3) is 0 Å². The number of anilines is 1. The molecule has 7 heteroatoms. The van der Waals surface area contributed by atoms with E-state index in [0.29, 0.717) is 11.3 Å². The summed E-state index contributed by atoms with van der Waals surface area (Å²) in [5, 5.41) is 0. The summed E-state index contributed by atoms with van der Waals surface area (Å²) in [6.07, 6.45) is -0.145. The smallest absolute Gasteiger partial charge is 0.266 e. The van der Waals surface area contributed by atoms with Crippen molar-refractivity contribution in [2.75, 3.05) is 5.73 Å². The molecule has 0 saturated heterocycles. The minimum Gasteiger partial charge on any atom is -0.399 e. The molecular weight excluding hydrogens is 295 g/mol. The van der Waals surface area contributed by atoms with Gasteiger partial charge in [0, 0.05) is 5.69 Å². The lowest BCUT2D eigenvalue weighted by Crippen LogP contribution is -2.32. The topological polar surface area (TPSA) is 89.3 Å². The molecule has 0 aliphatic rings. The first kappa shape index (κ1) is 15.0. The fourth-order valence-electron chi connectivity index (χ4n) is 1.72. The van der Waals surface area contributed by atoms with E-state index >= 15 is 0 Å². The molecule has 0 spiro atoms. The van der Waals surface area contributed by atoms with E-state index in [9.17, 15) is 17.6 Å². The maximum absolute atomic E-state index is 13.5. The summed E-state index contributed by atoms with van der Waals surface area (Å²) in [5.74, 6) is -1.66. The second kappa shape index (κ2) is 5.92. The van der Waals surface area contributed by atoms with Gasteiger partial charge >= 0.3 is 0 Å². The van der Waals surface area contributed by atoms with E-state index in [1.165, 1.54) is 12.1 Å². The van der Waals surface area contributed by atoms with Crippen LogP contribution in [0.5, 0.6) is 0 Å². The van der Waals surface area contributed by atoms with E-state index < -0.39 is 26.6 Å². The summed E-state index contributed by atoms with van der Waals surface area (Å²) in [7, 11) is -4.22. The maximum atomic E-state index is 13.5. The molecule has 2 rings (SSSR count). The lowest BCUT2D eigenvalue weighted by molar-refractivity contribution is -0.118. The van der Waals surface area contributed by atoms with Crippen molar-refractivity contribution in [3.8, 4) is 0 Å². The number of hydrogen-bond donors (Lipinski definition) is 2. The first-order valence-corrected chi connectivity index (χ1v) is 7.51. The molecule has 5 nitrogen and oxygen atoms in total. The Morgan fingerprint density at radius 3 is 2.33 bits per heavy atom. The predicted octanol–water partition coefficient (Wildman–Crippen LogP) is 1.46. The van der Waals surface area contributed by atoms with Crippen LogP contribution in [0.4, 0.5) is 10.1 Å². The Kier molecular flexibility index (Phi) is 4.23. The number of halogens is 1. The zero-order chi connectivity index (χ0) is 15.5. The third kappa shape index (κ3) is 3.79. The molecule has 0 unspecified atom stereocenters. The van der Waals surface area contributed by atoms with Gasteiger partial charge in [0.2, 0.25) is 5.91 Å². The predicted molar refractivity (Wildman–Crippen MR) is 76.3 cm³/mol. The number of benzene rings is 2. The average Bonchev–Trinajstić information content (AvgIpc) is 2.41. The Bertz CT molecular complexity index is 758. The van der Waals surface area contributed by atoms with Gasteiger partial charge in [0.1, 0.15) is 10.7 Å². The van der Waals surface area contributed by atoms with Crippen LogP contribution < -0.4 is 10.5 Å². The van der Waals surface area contributed by atoms with Crippen LogP contribution in [0.15, 0.2) is 53.4 Å². The first-order valence-electron chi connectivity index (χ1n) is 6.03. The molecule has 0 atom stereocenters. The average molecular weight is 308 g/mol. The fourth-order valence-corrected chi connectivity index (χ4v) is 2.79. The molecule has 0 heterocycles. The van der Waals surface area contributed by atoms with E-state index in [1.807, 2.05) is 4.72 Å². The first-order chi connectivity index (χ1) is 9.88. The van der Waals surface area contributed by atoms with Gasteiger partial charge in [0.15, 0.2) is 0 Å². The van der Waals surface area contributed by atoms with Gasteiger partial charge in [-0.25, -0.2) is 17.5 Å². The fraction of sp³-hybridized carbons (Fsp3) is 0.0714. The number of amides is 1. The maximum Gasteiger partial charge on any atom is 0.266 e. The molecule has 1 amide bonds. The lowest BCUT2D eigenvalue weighted by Gasteiger charge is -2.08. The second-order valence-corrected chi connectivity index (χ2v) is 6.03. The lowest BCUT2D eigenvalue weighted by atomic mass is 10.1. The van der Waals surface area contributed by atoms with Gasteiger partial charge in [0.05, 0.1) is 6.42 Å². The second-order valence-electron chi connectivity index (χ2n) is 4.38. The standard InChI is InChI=1S/C14H13FN2O3S/c15-12-3-1-2-4-13(12)21(19,20)17-14(18)9-10-5-7-11(16)8-6-10/h1-8H,9,16H2,(H,17,18). The molecule has 3 N–H and O–H groups in total. The van der Waals surface area contributed by atoms with Crippen LogP contribution in [0, 0.1) is 5.82 Å². The van der Waals surface area contributed by atoms with Crippen LogP contribution in [-0.4, -0.2) is 14.3 Å². The van der Waals surface area contributed by atoms with Crippen molar-refractivity contribution in [2.45, 2.75) is 11.3 Å². The van der Waals surface area contributed by atoms with Gasteiger partial charge in [-0.05, 0) is 29.8 Å². The third-order valence-electron chi connectivity index (χ3n) is 2.72. The van der Waals surface area contributed by atoms with Crippen molar-refractivity contribution >= 4 is 21.6 Å². The number of hydrogen-bond acceptors (Lipinski definition) is 4. The molecule has 21 heavy (non-hydrogen) atoms. The van der Waals surface area contributed by atoms with Crippen molar-refractivity contribution < 1.29 is 17.6 Å².